The summed E-state index contributed by atoms with van der Waals surface area (Å²) in [6, 6.07) is 6.79. The van der Waals surface area contributed by atoms with Gasteiger partial charge in [-0.15, -0.1) is 0 Å². The second-order valence-corrected chi connectivity index (χ2v) is 4.32. The van der Waals surface area contributed by atoms with E-state index in [1.807, 2.05) is 6.07 Å². The van der Waals surface area contributed by atoms with Crippen LogP contribution in [0.4, 0.5) is 5.69 Å². The summed E-state index contributed by atoms with van der Waals surface area (Å²) in [5, 5.41) is 10.7. The topological polar surface area (TPSA) is 78.4 Å². The summed E-state index contributed by atoms with van der Waals surface area (Å²) in [4.78, 5) is 10.3. The summed E-state index contributed by atoms with van der Waals surface area (Å²) >= 11 is 0. The lowest BCUT2D eigenvalue weighted by Gasteiger charge is -2.28. The zero-order valence-electron chi connectivity index (χ0n) is 9.54. The lowest BCUT2D eigenvalue weighted by molar-refractivity contribution is -0.384. The Labute approximate surface area is 99.7 Å². The molecule has 0 radical (unpaired) electrons. The SMILES string of the molecule is NCC1CCC(c2cccc([N+](=O)[O-])c2)CO1. The lowest BCUT2D eigenvalue weighted by Crippen LogP contribution is -2.30. The zero-order valence-corrected chi connectivity index (χ0v) is 9.54. The Bertz CT molecular complexity index is 400. The first kappa shape index (κ1) is 12.0. The number of ether oxygens (including phenoxy) is 1. The Hall–Kier alpha value is -1.46. The minimum absolute atomic E-state index is 0.142. The fraction of sp³-hybridized carbons (Fsp3) is 0.500. The highest BCUT2D eigenvalue weighted by molar-refractivity contribution is 5.36. The molecule has 92 valence electrons. The number of nitro benzene ring substituents is 1. The van der Waals surface area contributed by atoms with Gasteiger partial charge in [0.1, 0.15) is 0 Å². The van der Waals surface area contributed by atoms with Gasteiger partial charge in [0.15, 0.2) is 0 Å². The Balaban J connectivity index is 2.08. The number of nitrogens with zero attached hydrogens (tertiary/aromatic N) is 1. The Morgan fingerprint density at radius 1 is 1.47 bits per heavy atom. The molecule has 1 aliphatic rings. The Morgan fingerprint density at radius 2 is 2.29 bits per heavy atom. The highest BCUT2D eigenvalue weighted by Crippen LogP contribution is 2.29. The minimum Gasteiger partial charge on any atom is -0.376 e. The van der Waals surface area contributed by atoms with Crippen LogP contribution in [0.5, 0.6) is 0 Å². The van der Waals surface area contributed by atoms with Crippen molar-refractivity contribution in [1.29, 1.82) is 0 Å². The molecular weight excluding hydrogens is 220 g/mol. The van der Waals surface area contributed by atoms with Crippen molar-refractivity contribution in [2.75, 3.05) is 13.2 Å². The highest BCUT2D eigenvalue weighted by atomic mass is 16.6. The van der Waals surface area contributed by atoms with Crippen molar-refractivity contribution in [3.05, 3.63) is 39.9 Å². The molecule has 5 nitrogen and oxygen atoms in total. The van der Waals surface area contributed by atoms with Gasteiger partial charge in [-0.1, -0.05) is 12.1 Å². The molecule has 0 saturated carbocycles. The average molecular weight is 236 g/mol. The third-order valence-corrected chi connectivity index (χ3v) is 3.19. The number of non-ortho nitro benzene ring substituents is 1. The fourth-order valence-electron chi connectivity index (χ4n) is 2.15. The van der Waals surface area contributed by atoms with Gasteiger partial charge in [-0.3, -0.25) is 10.1 Å². The maximum absolute atomic E-state index is 10.7. The molecule has 17 heavy (non-hydrogen) atoms. The predicted octanol–water partition coefficient (Wildman–Crippen LogP) is 1.82. The molecule has 0 amide bonds. The van der Waals surface area contributed by atoms with Gasteiger partial charge in [0, 0.05) is 24.6 Å². The van der Waals surface area contributed by atoms with Crippen LogP contribution in [0.25, 0.3) is 0 Å². The van der Waals surface area contributed by atoms with Crippen molar-refractivity contribution < 1.29 is 9.66 Å². The maximum atomic E-state index is 10.7. The highest BCUT2D eigenvalue weighted by Gasteiger charge is 2.23. The van der Waals surface area contributed by atoms with Gasteiger partial charge in [0.2, 0.25) is 0 Å². The third kappa shape index (κ3) is 2.81. The summed E-state index contributed by atoms with van der Waals surface area (Å²) in [7, 11) is 0. The molecule has 1 aliphatic heterocycles. The van der Waals surface area contributed by atoms with E-state index in [0.29, 0.717) is 13.2 Å². The normalized spacial score (nSPS) is 24.5. The van der Waals surface area contributed by atoms with E-state index >= 15 is 0 Å². The molecule has 1 fully saturated rings. The van der Waals surface area contributed by atoms with Crippen molar-refractivity contribution in [2.24, 2.45) is 5.73 Å². The van der Waals surface area contributed by atoms with Crippen LogP contribution in [-0.4, -0.2) is 24.2 Å². The molecule has 1 saturated heterocycles. The number of nitro groups is 1. The summed E-state index contributed by atoms with van der Waals surface area (Å²) in [5.74, 6) is 0.248. The van der Waals surface area contributed by atoms with Gasteiger partial charge in [-0.2, -0.15) is 0 Å². The Morgan fingerprint density at radius 3 is 2.88 bits per heavy atom. The lowest BCUT2D eigenvalue weighted by atomic mass is 9.91. The van der Waals surface area contributed by atoms with E-state index in [1.165, 1.54) is 6.07 Å². The van der Waals surface area contributed by atoms with E-state index in [0.717, 1.165) is 18.4 Å². The summed E-state index contributed by atoms with van der Waals surface area (Å²) in [6.07, 6.45) is 2.04. The quantitative estimate of drug-likeness (QED) is 0.641. The van der Waals surface area contributed by atoms with Gasteiger partial charge >= 0.3 is 0 Å². The van der Waals surface area contributed by atoms with E-state index in [4.69, 9.17) is 10.5 Å². The van der Waals surface area contributed by atoms with E-state index in [9.17, 15) is 10.1 Å². The fourth-order valence-corrected chi connectivity index (χ4v) is 2.15. The van der Waals surface area contributed by atoms with Crippen molar-refractivity contribution in [1.82, 2.24) is 0 Å². The molecule has 0 aliphatic carbocycles. The first-order chi connectivity index (χ1) is 8.20. The smallest absolute Gasteiger partial charge is 0.269 e. The first-order valence-corrected chi connectivity index (χ1v) is 5.76. The van der Waals surface area contributed by atoms with Crippen molar-refractivity contribution in [3.63, 3.8) is 0 Å². The third-order valence-electron chi connectivity index (χ3n) is 3.19. The molecule has 0 bridgehead atoms. The second kappa shape index (κ2) is 5.25. The van der Waals surface area contributed by atoms with Gasteiger partial charge in [-0.05, 0) is 18.4 Å². The second-order valence-electron chi connectivity index (χ2n) is 4.32. The zero-order chi connectivity index (χ0) is 12.3. The molecule has 1 aromatic carbocycles. The van der Waals surface area contributed by atoms with E-state index in [-0.39, 0.29) is 22.6 Å². The van der Waals surface area contributed by atoms with Crippen molar-refractivity contribution in [3.8, 4) is 0 Å². The largest absolute Gasteiger partial charge is 0.376 e. The van der Waals surface area contributed by atoms with Gasteiger partial charge in [0.05, 0.1) is 17.6 Å². The number of rotatable bonds is 3. The van der Waals surface area contributed by atoms with Crippen LogP contribution >= 0.6 is 0 Å². The maximum Gasteiger partial charge on any atom is 0.269 e. The van der Waals surface area contributed by atoms with Gasteiger partial charge in [0.25, 0.3) is 5.69 Å². The summed E-state index contributed by atoms with van der Waals surface area (Å²) < 4.78 is 5.60. The van der Waals surface area contributed by atoms with Crippen LogP contribution in [0.3, 0.4) is 0 Å². The number of hydrogen-bond acceptors (Lipinski definition) is 4. The average Bonchev–Trinajstić information content (AvgIpc) is 2.39. The molecule has 1 aromatic rings. The van der Waals surface area contributed by atoms with Crippen LogP contribution in [0.2, 0.25) is 0 Å². The molecule has 2 atom stereocenters. The number of hydrogen-bond donors (Lipinski definition) is 1. The molecule has 0 aromatic heterocycles. The van der Waals surface area contributed by atoms with E-state index < -0.39 is 0 Å². The van der Waals surface area contributed by atoms with E-state index in [1.54, 1.807) is 12.1 Å². The van der Waals surface area contributed by atoms with Crippen LogP contribution in [0.1, 0.15) is 24.3 Å². The standard InChI is InChI=1S/C12H16N2O3/c13-7-12-5-4-10(8-17-12)9-2-1-3-11(6-9)14(15)16/h1-3,6,10,12H,4-5,7-8,13H2. The predicted molar refractivity (Wildman–Crippen MR) is 63.9 cm³/mol. The van der Waals surface area contributed by atoms with Crippen molar-refractivity contribution >= 4 is 5.69 Å². The molecule has 2 unspecified atom stereocenters. The molecular formula is C12H16N2O3. The van der Waals surface area contributed by atoms with Crippen LogP contribution < -0.4 is 5.73 Å². The minimum atomic E-state index is -0.365. The van der Waals surface area contributed by atoms with E-state index in [2.05, 4.69) is 0 Å². The van der Waals surface area contributed by atoms with Crippen LogP contribution in [0.15, 0.2) is 24.3 Å². The first-order valence-electron chi connectivity index (χ1n) is 5.76. The Kier molecular flexibility index (Phi) is 3.71. The van der Waals surface area contributed by atoms with Crippen LogP contribution in [0, 0.1) is 10.1 Å². The summed E-state index contributed by atoms with van der Waals surface area (Å²) in [5.41, 5.74) is 6.66. The number of nitrogens with two attached hydrogens (primary N) is 1. The van der Waals surface area contributed by atoms with Gasteiger partial charge in [-0.25, -0.2) is 0 Å². The number of benzene rings is 1. The van der Waals surface area contributed by atoms with Crippen molar-refractivity contribution in [2.45, 2.75) is 24.9 Å². The van der Waals surface area contributed by atoms with Crippen LogP contribution in [-0.2, 0) is 4.74 Å². The molecule has 1 heterocycles. The summed E-state index contributed by atoms with van der Waals surface area (Å²) in [6.45, 7) is 1.14. The molecule has 0 spiro atoms. The monoisotopic (exact) mass is 236 g/mol. The molecule has 2 rings (SSSR count). The van der Waals surface area contributed by atoms with Gasteiger partial charge < -0.3 is 10.5 Å². The molecule has 5 heteroatoms. The molecule has 2 N–H and O–H groups in total.